The summed E-state index contributed by atoms with van der Waals surface area (Å²) in [7, 11) is 3.18. The lowest BCUT2D eigenvalue weighted by molar-refractivity contribution is 0.121. The van der Waals surface area contributed by atoms with Crippen LogP contribution in [0.4, 0.5) is 5.95 Å². The Bertz CT molecular complexity index is 1170. The van der Waals surface area contributed by atoms with Crippen LogP contribution in [-0.2, 0) is 31.8 Å². The molecule has 1 aliphatic rings. The number of anilines is 1. The number of ether oxygens (including phenoxy) is 1. The topological polar surface area (TPSA) is 86.3 Å². The van der Waals surface area contributed by atoms with Crippen molar-refractivity contribution < 1.29 is 4.74 Å². The van der Waals surface area contributed by atoms with E-state index < -0.39 is 0 Å². The van der Waals surface area contributed by atoms with Gasteiger partial charge in [-0.3, -0.25) is 13.9 Å². The van der Waals surface area contributed by atoms with Crippen LogP contribution in [0.5, 0.6) is 0 Å². The fraction of sp³-hybridized carbons (Fsp3) is 0.522. The fourth-order valence-corrected chi connectivity index (χ4v) is 4.28. The number of aromatic nitrogens is 4. The van der Waals surface area contributed by atoms with Gasteiger partial charge in [-0.05, 0) is 31.9 Å². The quantitative estimate of drug-likeness (QED) is 0.524. The van der Waals surface area contributed by atoms with Crippen molar-refractivity contribution in [3.8, 4) is 0 Å². The van der Waals surface area contributed by atoms with Gasteiger partial charge in [0.05, 0.1) is 13.2 Å². The highest BCUT2D eigenvalue weighted by molar-refractivity contribution is 5.74. The molecule has 9 nitrogen and oxygen atoms in total. The van der Waals surface area contributed by atoms with Gasteiger partial charge in [-0.1, -0.05) is 30.3 Å². The summed E-state index contributed by atoms with van der Waals surface area (Å²) in [5.74, 6) is 0.735. The minimum Gasteiger partial charge on any atom is -0.378 e. The van der Waals surface area contributed by atoms with Crippen LogP contribution in [0.1, 0.15) is 18.9 Å². The molecule has 1 unspecified atom stereocenters. The van der Waals surface area contributed by atoms with Crippen LogP contribution in [0.3, 0.4) is 0 Å². The Kier molecular flexibility index (Phi) is 6.76. The third-order valence-corrected chi connectivity index (χ3v) is 6.06. The van der Waals surface area contributed by atoms with E-state index in [2.05, 4.69) is 41.4 Å². The molecule has 9 heteroatoms. The molecule has 1 aromatic carbocycles. The van der Waals surface area contributed by atoms with Crippen molar-refractivity contribution in [1.29, 1.82) is 0 Å². The van der Waals surface area contributed by atoms with E-state index >= 15 is 0 Å². The monoisotopic (exact) mass is 440 g/mol. The number of aryl methyl sites for hydroxylation is 2. The maximum absolute atomic E-state index is 13.0. The Labute approximate surface area is 187 Å². The summed E-state index contributed by atoms with van der Waals surface area (Å²) in [6.07, 6.45) is 1.81. The minimum absolute atomic E-state index is 0.305. The van der Waals surface area contributed by atoms with Gasteiger partial charge >= 0.3 is 5.69 Å². The molecule has 2 aromatic heterocycles. The lowest BCUT2D eigenvalue weighted by atomic mass is 10.1. The molecule has 32 heavy (non-hydrogen) atoms. The van der Waals surface area contributed by atoms with E-state index in [1.807, 2.05) is 10.6 Å². The van der Waals surface area contributed by atoms with Crippen molar-refractivity contribution >= 4 is 17.1 Å². The number of nitrogens with zero attached hydrogens (tertiary/aromatic N) is 5. The first-order chi connectivity index (χ1) is 15.5. The Balaban J connectivity index is 1.53. The Morgan fingerprint density at radius 1 is 1.09 bits per heavy atom. The smallest absolute Gasteiger partial charge is 0.332 e. The number of rotatable bonds is 8. The number of nitrogens with one attached hydrogen (secondary N) is 1. The predicted molar refractivity (Wildman–Crippen MR) is 125 cm³/mol. The summed E-state index contributed by atoms with van der Waals surface area (Å²) in [5, 5.41) is 3.58. The highest BCUT2D eigenvalue weighted by Crippen LogP contribution is 2.21. The summed E-state index contributed by atoms with van der Waals surface area (Å²) in [5.41, 5.74) is 1.56. The number of benzene rings is 1. The van der Waals surface area contributed by atoms with Crippen LogP contribution in [0.2, 0.25) is 0 Å². The summed E-state index contributed by atoms with van der Waals surface area (Å²) < 4.78 is 10.1. The van der Waals surface area contributed by atoms with E-state index in [1.54, 1.807) is 7.05 Å². The summed E-state index contributed by atoms with van der Waals surface area (Å²) >= 11 is 0. The first-order valence-corrected chi connectivity index (χ1v) is 11.2. The Morgan fingerprint density at radius 2 is 1.81 bits per heavy atom. The molecule has 0 saturated carbocycles. The summed E-state index contributed by atoms with van der Waals surface area (Å²) in [6, 6.07) is 10.8. The van der Waals surface area contributed by atoms with E-state index in [-0.39, 0.29) is 11.2 Å². The van der Waals surface area contributed by atoms with Crippen molar-refractivity contribution in [3.63, 3.8) is 0 Å². The summed E-state index contributed by atoms with van der Waals surface area (Å²) in [4.78, 5) is 32.3. The second-order valence-electron chi connectivity index (χ2n) is 8.44. The highest BCUT2D eigenvalue weighted by Gasteiger charge is 2.23. The van der Waals surface area contributed by atoms with Gasteiger partial charge in [-0.2, -0.15) is 4.98 Å². The van der Waals surface area contributed by atoms with Gasteiger partial charge < -0.3 is 19.5 Å². The van der Waals surface area contributed by atoms with Gasteiger partial charge in [-0.25, -0.2) is 4.79 Å². The molecule has 0 aliphatic carbocycles. The predicted octanol–water partition coefficient (Wildman–Crippen LogP) is 0.881. The third kappa shape index (κ3) is 4.49. The van der Waals surface area contributed by atoms with Gasteiger partial charge in [0.25, 0.3) is 5.56 Å². The van der Waals surface area contributed by atoms with Gasteiger partial charge in [-0.15, -0.1) is 0 Å². The van der Waals surface area contributed by atoms with Crippen LogP contribution in [0.15, 0.2) is 39.9 Å². The third-order valence-electron chi connectivity index (χ3n) is 6.06. The molecule has 1 fully saturated rings. The minimum atomic E-state index is -0.364. The van der Waals surface area contributed by atoms with E-state index in [0.717, 1.165) is 29.9 Å². The maximum atomic E-state index is 13.0. The van der Waals surface area contributed by atoms with Crippen molar-refractivity contribution in [2.24, 2.45) is 14.1 Å². The van der Waals surface area contributed by atoms with Gasteiger partial charge in [0.15, 0.2) is 11.2 Å². The molecule has 4 rings (SSSR count). The molecule has 1 aliphatic heterocycles. The molecule has 172 valence electrons. The molecule has 0 amide bonds. The lowest BCUT2D eigenvalue weighted by Gasteiger charge is -2.28. The standard InChI is InChI=1S/C23H32N6O3/c1-17(16-18-8-5-4-6-9-18)24-10-7-11-29-19-20(26(2)23(31)27(3)21(19)30)25-22(29)28-12-14-32-15-13-28/h4-6,8-9,17,24H,7,10-16H2,1-3H3. The van der Waals surface area contributed by atoms with Crippen molar-refractivity contribution in [1.82, 2.24) is 24.0 Å². The highest BCUT2D eigenvalue weighted by atomic mass is 16.5. The Hall–Kier alpha value is -2.91. The first kappa shape index (κ1) is 22.3. The zero-order valence-electron chi connectivity index (χ0n) is 19.1. The molecule has 1 N–H and O–H groups in total. The van der Waals surface area contributed by atoms with E-state index in [9.17, 15) is 9.59 Å². The molecular formula is C23H32N6O3. The van der Waals surface area contributed by atoms with E-state index in [4.69, 9.17) is 9.72 Å². The van der Waals surface area contributed by atoms with Crippen LogP contribution < -0.4 is 21.5 Å². The molecule has 0 bridgehead atoms. The zero-order valence-corrected chi connectivity index (χ0v) is 19.1. The second-order valence-corrected chi connectivity index (χ2v) is 8.44. The number of hydrogen-bond donors (Lipinski definition) is 1. The van der Waals surface area contributed by atoms with Gasteiger partial charge in [0, 0.05) is 39.8 Å². The normalized spacial score (nSPS) is 15.4. The molecule has 3 heterocycles. The number of imidazole rings is 1. The van der Waals surface area contributed by atoms with E-state index in [0.29, 0.717) is 50.1 Å². The molecule has 0 radical (unpaired) electrons. The van der Waals surface area contributed by atoms with Crippen LogP contribution in [-0.4, -0.2) is 57.6 Å². The molecular weight excluding hydrogens is 408 g/mol. The number of hydrogen-bond acceptors (Lipinski definition) is 6. The average Bonchev–Trinajstić information content (AvgIpc) is 3.20. The molecule has 1 saturated heterocycles. The number of fused-ring (bicyclic) bond motifs is 1. The fourth-order valence-electron chi connectivity index (χ4n) is 4.28. The second kappa shape index (κ2) is 9.70. The van der Waals surface area contributed by atoms with Crippen LogP contribution in [0, 0.1) is 0 Å². The van der Waals surface area contributed by atoms with Crippen LogP contribution >= 0.6 is 0 Å². The lowest BCUT2D eigenvalue weighted by Crippen LogP contribution is -2.39. The molecule has 3 aromatic rings. The summed E-state index contributed by atoms with van der Waals surface area (Å²) in [6.45, 7) is 6.32. The maximum Gasteiger partial charge on any atom is 0.332 e. The molecule has 0 spiro atoms. The largest absolute Gasteiger partial charge is 0.378 e. The SMILES string of the molecule is CC(Cc1ccccc1)NCCCn1c(N2CCOCC2)nc2c1c(=O)n(C)c(=O)n2C. The first-order valence-electron chi connectivity index (χ1n) is 11.2. The zero-order chi connectivity index (χ0) is 22.7. The van der Waals surface area contributed by atoms with E-state index in [1.165, 1.54) is 17.2 Å². The van der Waals surface area contributed by atoms with Gasteiger partial charge in [0.1, 0.15) is 0 Å². The average molecular weight is 441 g/mol. The number of morpholine rings is 1. The van der Waals surface area contributed by atoms with Crippen molar-refractivity contribution in [2.75, 3.05) is 37.7 Å². The molecule has 1 atom stereocenters. The van der Waals surface area contributed by atoms with Crippen molar-refractivity contribution in [2.45, 2.75) is 32.4 Å². The Morgan fingerprint density at radius 3 is 2.53 bits per heavy atom. The van der Waals surface area contributed by atoms with Gasteiger partial charge in [0.2, 0.25) is 5.95 Å². The van der Waals surface area contributed by atoms with Crippen molar-refractivity contribution in [3.05, 3.63) is 56.7 Å². The van der Waals surface area contributed by atoms with Crippen LogP contribution in [0.25, 0.3) is 11.2 Å².